The molecule has 0 fully saturated rings. The Morgan fingerprint density at radius 1 is 1.16 bits per heavy atom. The minimum absolute atomic E-state index is 0.0856. The van der Waals surface area contributed by atoms with Gasteiger partial charge >= 0.3 is 0 Å². The van der Waals surface area contributed by atoms with Gasteiger partial charge in [-0.1, -0.05) is 39.8 Å². The van der Waals surface area contributed by atoms with Crippen LogP contribution in [0, 0.1) is 5.82 Å². The molecular formula is C22H29FN4O4. The van der Waals surface area contributed by atoms with Gasteiger partial charge in [0.05, 0.1) is 0 Å². The van der Waals surface area contributed by atoms with Crippen molar-refractivity contribution in [1.82, 2.24) is 20.2 Å². The second-order valence-corrected chi connectivity index (χ2v) is 8.21. The molecule has 0 atom stereocenters. The van der Waals surface area contributed by atoms with Gasteiger partial charge in [-0.15, -0.1) is 0 Å². The lowest BCUT2D eigenvalue weighted by atomic mass is 9.95. The van der Waals surface area contributed by atoms with Crippen molar-refractivity contribution < 1.29 is 19.1 Å². The van der Waals surface area contributed by atoms with E-state index in [1.807, 2.05) is 20.8 Å². The van der Waals surface area contributed by atoms with E-state index in [2.05, 4.69) is 15.6 Å². The molecule has 0 bridgehead atoms. The quantitative estimate of drug-likeness (QED) is 0.554. The topological polar surface area (TPSA) is 113 Å². The van der Waals surface area contributed by atoms with Crippen molar-refractivity contribution in [1.29, 1.82) is 0 Å². The van der Waals surface area contributed by atoms with Crippen LogP contribution in [0.3, 0.4) is 0 Å². The van der Waals surface area contributed by atoms with Gasteiger partial charge in [0.15, 0.2) is 5.69 Å². The molecule has 1 heterocycles. The first-order chi connectivity index (χ1) is 14.5. The molecule has 1 aromatic carbocycles. The van der Waals surface area contributed by atoms with E-state index in [0.29, 0.717) is 30.8 Å². The Morgan fingerprint density at radius 3 is 2.39 bits per heavy atom. The van der Waals surface area contributed by atoms with Gasteiger partial charge in [0.2, 0.25) is 11.7 Å². The van der Waals surface area contributed by atoms with Crippen molar-refractivity contribution in [3.63, 3.8) is 0 Å². The van der Waals surface area contributed by atoms with Crippen molar-refractivity contribution in [2.24, 2.45) is 0 Å². The molecule has 2 amide bonds. The average molecular weight is 432 g/mol. The molecule has 1 aromatic heterocycles. The molecule has 2 aromatic rings. The fraction of sp³-hybridized carbons (Fsp3) is 0.455. The van der Waals surface area contributed by atoms with Crippen LogP contribution in [0.5, 0.6) is 5.75 Å². The number of carbonyl (C=O) groups is 2. The number of aromatic nitrogens is 2. The average Bonchev–Trinajstić information content (AvgIpc) is 2.72. The van der Waals surface area contributed by atoms with Crippen LogP contribution in [0.1, 0.15) is 62.4 Å². The molecule has 31 heavy (non-hydrogen) atoms. The first kappa shape index (κ1) is 24.0. The van der Waals surface area contributed by atoms with Crippen LogP contribution in [0.25, 0.3) is 0 Å². The van der Waals surface area contributed by atoms with Gasteiger partial charge in [0, 0.05) is 31.5 Å². The lowest BCUT2D eigenvalue weighted by Gasteiger charge is -2.24. The highest BCUT2D eigenvalue weighted by Gasteiger charge is 2.27. The second-order valence-electron chi connectivity index (χ2n) is 8.21. The van der Waals surface area contributed by atoms with E-state index in [1.165, 1.54) is 28.8 Å². The second kappa shape index (κ2) is 10.2. The fourth-order valence-corrected chi connectivity index (χ4v) is 2.94. The summed E-state index contributed by atoms with van der Waals surface area (Å²) in [7, 11) is 0. The van der Waals surface area contributed by atoms with E-state index in [0.717, 1.165) is 0 Å². The largest absolute Gasteiger partial charge is 0.501 e. The highest BCUT2D eigenvalue weighted by atomic mass is 19.1. The summed E-state index contributed by atoms with van der Waals surface area (Å²) in [6, 6.07) is 5.61. The lowest BCUT2D eigenvalue weighted by molar-refractivity contribution is -0.120. The number of carbonyl (C=O) groups excluding carboxylic acids is 2. The molecule has 168 valence electrons. The molecule has 0 saturated carbocycles. The third kappa shape index (κ3) is 6.37. The first-order valence-electron chi connectivity index (χ1n) is 10.2. The van der Waals surface area contributed by atoms with Crippen LogP contribution >= 0.6 is 0 Å². The number of halogens is 1. The van der Waals surface area contributed by atoms with E-state index >= 15 is 0 Å². The van der Waals surface area contributed by atoms with E-state index in [1.54, 1.807) is 6.92 Å². The number of aromatic hydroxyl groups is 1. The maximum absolute atomic E-state index is 13.0. The summed E-state index contributed by atoms with van der Waals surface area (Å²) >= 11 is 0. The van der Waals surface area contributed by atoms with Crippen molar-refractivity contribution in [2.45, 2.75) is 59.0 Å². The molecule has 8 nitrogen and oxygen atoms in total. The highest BCUT2D eigenvalue weighted by molar-refractivity contribution is 5.94. The number of amides is 2. The summed E-state index contributed by atoms with van der Waals surface area (Å²) in [6.07, 6.45) is 0.837. The standard InChI is InChI=1S/C22H29FN4O4/c1-5-16(28)24-11-6-12-27-20(31)18(29)17(26-21(27)22(2,3)4)19(30)25-13-14-7-9-15(23)10-8-14/h7-10,29H,5-6,11-13H2,1-4H3,(H,24,28)(H,25,30). The van der Waals surface area contributed by atoms with Crippen molar-refractivity contribution in [3.05, 3.63) is 57.5 Å². The monoisotopic (exact) mass is 432 g/mol. The maximum atomic E-state index is 13.0. The van der Waals surface area contributed by atoms with Crippen molar-refractivity contribution >= 4 is 11.8 Å². The summed E-state index contributed by atoms with van der Waals surface area (Å²) < 4.78 is 14.4. The Hall–Kier alpha value is -3.23. The molecule has 0 aliphatic carbocycles. The minimum atomic E-state index is -0.734. The van der Waals surface area contributed by atoms with Gasteiger partial charge in [-0.3, -0.25) is 19.0 Å². The number of nitrogens with one attached hydrogen (secondary N) is 2. The van der Waals surface area contributed by atoms with Crippen LogP contribution < -0.4 is 16.2 Å². The fourth-order valence-electron chi connectivity index (χ4n) is 2.94. The van der Waals surface area contributed by atoms with Crippen LogP contribution in [0.2, 0.25) is 0 Å². The predicted molar refractivity (Wildman–Crippen MR) is 114 cm³/mol. The van der Waals surface area contributed by atoms with E-state index in [4.69, 9.17) is 0 Å². The van der Waals surface area contributed by atoms with Crippen LogP contribution in [-0.4, -0.2) is 33.0 Å². The molecule has 0 unspecified atom stereocenters. The highest BCUT2D eigenvalue weighted by Crippen LogP contribution is 2.22. The van der Waals surface area contributed by atoms with Crippen molar-refractivity contribution in [2.75, 3.05) is 6.54 Å². The molecular weight excluding hydrogens is 403 g/mol. The third-order valence-electron chi connectivity index (χ3n) is 4.60. The number of rotatable bonds is 8. The lowest BCUT2D eigenvalue weighted by Crippen LogP contribution is -2.36. The molecule has 3 N–H and O–H groups in total. The first-order valence-corrected chi connectivity index (χ1v) is 10.2. The summed E-state index contributed by atoms with van der Waals surface area (Å²) in [5.74, 6) is -1.56. The van der Waals surface area contributed by atoms with Crippen LogP contribution in [0.4, 0.5) is 4.39 Å². The van der Waals surface area contributed by atoms with Crippen LogP contribution in [-0.2, 0) is 23.3 Å². The van der Waals surface area contributed by atoms with Crippen molar-refractivity contribution in [3.8, 4) is 5.75 Å². The molecule has 0 saturated heterocycles. The normalized spacial score (nSPS) is 11.3. The number of hydrogen-bond acceptors (Lipinski definition) is 5. The Bertz CT molecular complexity index is 994. The molecule has 9 heteroatoms. The SMILES string of the molecule is CCC(=O)NCCCn1c(C(C)(C)C)nc(C(=O)NCc2ccc(F)cc2)c(O)c1=O. The number of nitrogens with zero attached hydrogens (tertiary/aromatic N) is 2. The van der Waals surface area contributed by atoms with E-state index in [9.17, 15) is 23.9 Å². The Labute approximate surface area is 180 Å². The molecule has 0 aliphatic rings. The van der Waals surface area contributed by atoms with E-state index < -0.39 is 22.6 Å². The number of benzene rings is 1. The summed E-state index contributed by atoms with van der Waals surface area (Å²) in [5, 5.41) is 15.7. The summed E-state index contributed by atoms with van der Waals surface area (Å²) in [6.45, 7) is 7.99. The maximum Gasteiger partial charge on any atom is 0.296 e. The third-order valence-corrected chi connectivity index (χ3v) is 4.60. The van der Waals surface area contributed by atoms with E-state index in [-0.39, 0.29) is 30.5 Å². The zero-order chi connectivity index (χ0) is 23.2. The summed E-state index contributed by atoms with van der Waals surface area (Å²) in [4.78, 5) is 41.1. The summed E-state index contributed by atoms with van der Waals surface area (Å²) in [5.41, 5.74) is -0.986. The molecule has 0 spiro atoms. The Balaban J connectivity index is 2.25. The molecule has 0 radical (unpaired) electrons. The smallest absolute Gasteiger partial charge is 0.296 e. The van der Waals surface area contributed by atoms with Gasteiger partial charge < -0.3 is 15.7 Å². The van der Waals surface area contributed by atoms with Gasteiger partial charge in [-0.25, -0.2) is 9.37 Å². The van der Waals surface area contributed by atoms with Gasteiger partial charge in [0.1, 0.15) is 11.6 Å². The number of hydrogen-bond donors (Lipinski definition) is 3. The zero-order valence-corrected chi connectivity index (χ0v) is 18.3. The minimum Gasteiger partial charge on any atom is -0.501 e. The van der Waals surface area contributed by atoms with Gasteiger partial charge in [-0.05, 0) is 24.1 Å². The van der Waals surface area contributed by atoms with Gasteiger partial charge in [0.25, 0.3) is 11.5 Å². The zero-order valence-electron chi connectivity index (χ0n) is 18.3. The predicted octanol–water partition coefficient (Wildman–Crippen LogP) is 2.23. The Morgan fingerprint density at radius 2 is 1.81 bits per heavy atom. The molecule has 2 rings (SSSR count). The Kier molecular flexibility index (Phi) is 7.90. The van der Waals surface area contributed by atoms with Crippen LogP contribution in [0.15, 0.2) is 29.1 Å². The molecule has 0 aliphatic heterocycles. The van der Waals surface area contributed by atoms with Gasteiger partial charge in [-0.2, -0.15) is 0 Å².